The predicted octanol–water partition coefficient (Wildman–Crippen LogP) is 6.54. The molecule has 5 rings (SSSR count). The van der Waals surface area contributed by atoms with Gasteiger partial charge < -0.3 is 15.1 Å². The molecule has 6 nitrogen and oxygen atoms in total. The Bertz CT molecular complexity index is 1660. The number of aromatic nitrogens is 1. The normalized spacial score (nSPS) is 15.0. The van der Waals surface area contributed by atoms with Crippen LogP contribution >= 0.6 is 11.6 Å². The van der Waals surface area contributed by atoms with Crippen molar-refractivity contribution in [2.24, 2.45) is 0 Å². The van der Waals surface area contributed by atoms with E-state index in [0.29, 0.717) is 36.9 Å². The SMILES string of the molecule is O=C(O)C1CN(CCCCCO)c2c(-c3cccc(C(F)(F)F)c3)c(Cc3cccc4ccccc34)c(Cl)c(=O)n21. The van der Waals surface area contributed by atoms with Crippen molar-refractivity contribution < 1.29 is 28.2 Å². The molecule has 41 heavy (non-hydrogen) atoms. The van der Waals surface area contributed by atoms with Crippen LogP contribution in [0.25, 0.3) is 21.9 Å². The van der Waals surface area contributed by atoms with E-state index in [2.05, 4.69) is 0 Å². The zero-order valence-corrected chi connectivity index (χ0v) is 22.8. The van der Waals surface area contributed by atoms with Crippen molar-refractivity contribution in [3.63, 3.8) is 0 Å². The predicted molar refractivity (Wildman–Crippen MR) is 153 cm³/mol. The number of fused-ring (bicyclic) bond motifs is 2. The molecule has 0 radical (unpaired) electrons. The fourth-order valence-electron chi connectivity index (χ4n) is 5.61. The van der Waals surface area contributed by atoms with Crippen LogP contribution in [0.5, 0.6) is 0 Å². The summed E-state index contributed by atoms with van der Waals surface area (Å²) in [6.07, 6.45) is -2.67. The lowest BCUT2D eigenvalue weighted by atomic mass is 9.92. The fraction of sp³-hybridized carbons (Fsp3) is 0.290. The Balaban J connectivity index is 1.79. The second-order valence-corrected chi connectivity index (χ2v) is 10.5. The number of anilines is 1. The van der Waals surface area contributed by atoms with Crippen molar-refractivity contribution in [1.82, 2.24) is 4.57 Å². The molecule has 3 aromatic carbocycles. The first-order chi connectivity index (χ1) is 19.6. The Morgan fingerprint density at radius 1 is 1.00 bits per heavy atom. The zero-order valence-electron chi connectivity index (χ0n) is 22.0. The number of carbonyl (C=O) groups is 1. The first kappa shape index (κ1) is 28.7. The van der Waals surface area contributed by atoms with Crippen molar-refractivity contribution >= 4 is 34.2 Å². The van der Waals surface area contributed by atoms with Crippen molar-refractivity contribution in [1.29, 1.82) is 0 Å². The molecule has 0 saturated heterocycles. The number of benzene rings is 3. The van der Waals surface area contributed by atoms with Crippen LogP contribution in [0.1, 0.15) is 42.0 Å². The number of aliphatic hydroxyl groups excluding tert-OH is 1. The van der Waals surface area contributed by atoms with Gasteiger partial charge in [0.05, 0.1) is 12.1 Å². The largest absolute Gasteiger partial charge is 0.480 e. The van der Waals surface area contributed by atoms with E-state index in [4.69, 9.17) is 11.6 Å². The smallest absolute Gasteiger partial charge is 0.416 e. The Morgan fingerprint density at radius 3 is 2.46 bits per heavy atom. The van der Waals surface area contributed by atoms with Crippen molar-refractivity contribution in [2.45, 2.75) is 37.9 Å². The first-order valence-electron chi connectivity index (χ1n) is 13.3. The topological polar surface area (TPSA) is 82.8 Å². The molecule has 0 aliphatic carbocycles. The Morgan fingerprint density at radius 2 is 1.73 bits per heavy atom. The number of aliphatic carboxylic acids is 1. The molecule has 0 fully saturated rings. The van der Waals surface area contributed by atoms with Crippen LogP contribution in [0.2, 0.25) is 5.02 Å². The van der Waals surface area contributed by atoms with Crippen LogP contribution in [0.15, 0.2) is 71.5 Å². The van der Waals surface area contributed by atoms with Gasteiger partial charge in [-0.05, 0) is 58.9 Å². The summed E-state index contributed by atoms with van der Waals surface area (Å²) in [6, 6.07) is 16.9. The van der Waals surface area contributed by atoms with Crippen LogP contribution in [0.4, 0.5) is 19.0 Å². The number of nitrogens with zero attached hydrogens (tertiary/aromatic N) is 2. The Labute approximate surface area is 239 Å². The van der Waals surface area contributed by atoms with Crippen LogP contribution in [0, 0.1) is 0 Å². The molecule has 1 atom stereocenters. The quantitative estimate of drug-likeness (QED) is 0.218. The van der Waals surface area contributed by atoms with E-state index in [-0.39, 0.29) is 36.0 Å². The standard InChI is InChI=1S/C31H28ClF3N2O4/c32-27-24(17-20-10-6-9-19-8-2-3-13-23(19)20)26(21-11-7-12-22(16-21)31(33,34)35)28-36(14-4-1-5-15-38)18-25(30(40)41)37(28)29(27)39/h2-3,6-13,16,25,38H,1,4-5,14-15,17-18H2,(H,40,41). The number of hydrogen-bond acceptors (Lipinski definition) is 4. The van der Waals surface area contributed by atoms with Crippen LogP contribution < -0.4 is 10.5 Å². The molecule has 214 valence electrons. The van der Waals surface area contributed by atoms with Crippen LogP contribution in [0.3, 0.4) is 0 Å². The minimum absolute atomic E-state index is 0.00800. The maximum Gasteiger partial charge on any atom is 0.416 e. The molecular weight excluding hydrogens is 557 g/mol. The molecule has 0 saturated carbocycles. The number of aliphatic hydroxyl groups is 1. The van der Waals surface area contributed by atoms with Gasteiger partial charge in [-0.15, -0.1) is 0 Å². The van der Waals surface area contributed by atoms with Crippen LogP contribution in [-0.2, 0) is 17.4 Å². The lowest BCUT2D eigenvalue weighted by Gasteiger charge is -2.25. The molecule has 0 bridgehead atoms. The van der Waals surface area contributed by atoms with Crippen LogP contribution in [-0.4, -0.2) is 40.4 Å². The van der Waals surface area contributed by atoms with Gasteiger partial charge in [-0.25, -0.2) is 4.79 Å². The molecule has 10 heteroatoms. The second-order valence-electron chi connectivity index (χ2n) is 10.1. The molecule has 2 N–H and O–H groups in total. The molecule has 0 amide bonds. The molecular formula is C31H28ClF3N2O4. The lowest BCUT2D eigenvalue weighted by Crippen LogP contribution is -2.29. The lowest BCUT2D eigenvalue weighted by molar-refractivity contribution is -0.140. The zero-order chi connectivity index (χ0) is 29.3. The Kier molecular flexibility index (Phi) is 8.11. The third kappa shape index (κ3) is 5.56. The highest BCUT2D eigenvalue weighted by Crippen LogP contribution is 2.44. The maximum absolute atomic E-state index is 13.8. The van der Waals surface area contributed by atoms with Gasteiger partial charge in [0.1, 0.15) is 10.8 Å². The molecule has 1 aliphatic rings. The monoisotopic (exact) mass is 584 g/mol. The fourth-order valence-corrected chi connectivity index (χ4v) is 5.86. The van der Waals surface area contributed by atoms with Gasteiger partial charge >= 0.3 is 12.1 Å². The number of hydrogen-bond donors (Lipinski definition) is 2. The highest BCUT2D eigenvalue weighted by Gasteiger charge is 2.39. The number of rotatable bonds is 9. The summed E-state index contributed by atoms with van der Waals surface area (Å²) in [7, 11) is 0. The van der Waals surface area contributed by atoms with Crippen molar-refractivity contribution in [3.8, 4) is 11.1 Å². The van der Waals surface area contributed by atoms with Gasteiger partial charge in [-0.1, -0.05) is 66.2 Å². The number of pyridine rings is 1. The van der Waals surface area contributed by atoms with Gasteiger partial charge in [-0.3, -0.25) is 9.36 Å². The third-order valence-electron chi connectivity index (χ3n) is 7.53. The molecule has 4 aromatic rings. The average Bonchev–Trinajstić information content (AvgIpc) is 3.33. The number of carboxylic acids is 1. The van der Waals surface area contributed by atoms with Crippen molar-refractivity contribution in [3.05, 3.63) is 98.8 Å². The van der Waals surface area contributed by atoms with Gasteiger partial charge in [0, 0.05) is 25.1 Å². The summed E-state index contributed by atoms with van der Waals surface area (Å²) in [5.74, 6) is -0.996. The number of halogens is 4. The van der Waals surface area contributed by atoms with Gasteiger partial charge in [-0.2, -0.15) is 13.2 Å². The van der Waals surface area contributed by atoms with Gasteiger partial charge in [0.2, 0.25) is 0 Å². The van der Waals surface area contributed by atoms with E-state index in [1.54, 1.807) is 4.90 Å². The van der Waals surface area contributed by atoms with Crippen molar-refractivity contribution in [2.75, 3.05) is 24.6 Å². The second kappa shape index (κ2) is 11.6. The van der Waals surface area contributed by atoms with E-state index in [0.717, 1.165) is 33.0 Å². The minimum atomic E-state index is -4.61. The summed E-state index contributed by atoms with van der Waals surface area (Å²) in [6.45, 7) is 0.322. The van der Waals surface area contributed by atoms with E-state index >= 15 is 0 Å². The van der Waals surface area contributed by atoms with Gasteiger partial charge in [0.25, 0.3) is 5.56 Å². The number of carboxylic acid groups (broad SMARTS) is 1. The average molecular weight is 585 g/mol. The van der Waals surface area contributed by atoms with Gasteiger partial charge in [0.15, 0.2) is 6.04 Å². The summed E-state index contributed by atoms with van der Waals surface area (Å²) >= 11 is 6.73. The van der Waals surface area contributed by atoms with E-state index in [1.165, 1.54) is 12.1 Å². The summed E-state index contributed by atoms with van der Waals surface area (Å²) in [5, 5.41) is 20.9. The summed E-state index contributed by atoms with van der Waals surface area (Å²) in [4.78, 5) is 27.7. The molecule has 0 spiro atoms. The number of alkyl halides is 3. The van der Waals surface area contributed by atoms with E-state index in [1.807, 2.05) is 42.5 Å². The molecule has 1 aromatic heterocycles. The minimum Gasteiger partial charge on any atom is -0.480 e. The number of unbranched alkanes of at least 4 members (excludes halogenated alkanes) is 2. The summed E-state index contributed by atoms with van der Waals surface area (Å²) in [5.41, 5.74) is 0.0915. The molecule has 1 aliphatic heterocycles. The summed E-state index contributed by atoms with van der Waals surface area (Å²) < 4.78 is 42.6. The highest BCUT2D eigenvalue weighted by atomic mass is 35.5. The Hall–Kier alpha value is -3.82. The molecule has 2 heterocycles. The maximum atomic E-state index is 13.8. The third-order valence-corrected chi connectivity index (χ3v) is 7.92. The van der Waals surface area contributed by atoms with E-state index in [9.17, 15) is 33.0 Å². The highest BCUT2D eigenvalue weighted by molar-refractivity contribution is 6.32. The molecule has 1 unspecified atom stereocenters. The first-order valence-corrected chi connectivity index (χ1v) is 13.7. The van der Waals surface area contributed by atoms with E-state index < -0.39 is 29.3 Å².